The molecule has 0 aromatic rings. The SMILES string of the molecule is CC(N)/C=C(\N)C1COC1. The Bertz CT molecular complexity index is 139. The van der Waals surface area contributed by atoms with Crippen LogP contribution in [-0.2, 0) is 4.74 Å². The molecule has 1 unspecified atom stereocenters. The van der Waals surface area contributed by atoms with Gasteiger partial charge in [0, 0.05) is 17.7 Å². The molecule has 1 saturated heterocycles. The van der Waals surface area contributed by atoms with Crippen LogP contribution in [0, 0.1) is 5.92 Å². The molecule has 58 valence electrons. The first-order valence-electron chi connectivity index (χ1n) is 3.50. The number of hydrogen-bond donors (Lipinski definition) is 2. The molecule has 0 amide bonds. The molecule has 1 fully saturated rings. The Morgan fingerprint density at radius 2 is 2.30 bits per heavy atom. The fraction of sp³-hybridized carbons (Fsp3) is 0.714. The van der Waals surface area contributed by atoms with Crippen molar-refractivity contribution in [1.29, 1.82) is 0 Å². The summed E-state index contributed by atoms with van der Waals surface area (Å²) in [6.45, 7) is 3.43. The summed E-state index contributed by atoms with van der Waals surface area (Å²) < 4.78 is 4.98. The zero-order valence-electron chi connectivity index (χ0n) is 6.21. The topological polar surface area (TPSA) is 61.3 Å². The van der Waals surface area contributed by atoms with Crippen LogP contribution in [0.2, 0.25) is 0 Å². The Hall–Kier alpha value is -0.540. The summed E-state index contributed by atoms with van der Waals surface area (Å²) >= 11 is 0. The van der Waals surface area contributed by atoms with E-state index in [9.17, 15) is 0 Å². The van der Waals surface area contributed by atoms with E-state index >= 15 is 0 Å². The van der Waals surface area contributed by atoms with Crippen molar-refractivity contribution in [3.8, 4) is 0 Å². The second-order valence-corrected chi connectivity index (χ2v) is 2.76. The summed E-state index contributed by atoms with van der Waals surface area (Å²) in [6.07, 6.45) is 1.88. The summed E-state index contributed by atoms with van der Waals surface area (Å²) in [4.78, 5) is 0. The summed E-state index contributed by atoms with van der Waals surface area (Å²) in [5.74, 6) is 0.422. The second kappa shape index (κ2) is 3.03. The average Bonchev–Trinajstić information content (AvgIpc) is 1.55. The van der Waals surface area contributed by atoms with Crippen LogP contribution in [0.5, 0.6) is 0 Å². The van der Waals surface area contributed by atoms with Crippen molar-refractivity contribution in [2.24, 2.45) is 17.4 Å². The monoisotopic (exact) mass is 142 g/mol. The van der Waals surface area contributed by atoms with Crippen LogP contribution in [-0.4, -0.2) is 19.3 Å². The Labute approximate surface area is 61.0 Å². The molecule has 0 spiro atoms. The van der Waals surface area contributed by atoms with Gasteiger partial charge in [-0.2, -0.15) is 0 Å². The molecule has 3 nitrogen and oxygen atoms in total. The molecule has 1 heterocycles. The van der Waals surface area contributed by atoms with Crippen molar-refractivity contribution in [3.63, 3.8) is 0 Å². The highest BCUT2D eigenvalue weighted by Crippen LogP contribution is 2.15. The van der Waals surface area contributed by atoms with Crippen molar-refractivity contribution in [3.05, 3.63) is 11.8 Å². The minimum Gasteiger partial charge on any atom is -0.402 e. The normalized spacial score (nSPS) is 24.0. The molecule has 0 aromatic heterocycles. The van der Waals surface area contributed by atoms with Crippen molar-refractivity contribution in [1.82, 2.24) is 0 Å². The van der Waals surface area contributed by atoms with Gasteiger partial charge in [0.2, 0.25) is 0 Å². The maximum absolute atomic E-state index is 5.68. The van der Waals surface area contributed by atoms with E-state index < -0.39 is 0 Å². The van der Waals surface area contributed by atoms with E-state index in [1.807, 2.05) is 13.0 Å². The van der Waals surface area contributed by atoms with Crippen LogP contribution in [0.15, 0.2) is 11.8 Å². The maximum Gasteiger partial charge on any atom is 0.0571 e. The zero-order chi connectivity index (χ0) is 7.56. The van der Waals surface area contributed by atoms with Gasteiger partial charge in [-0.1, -0.05) is 0 Å². The van der Waals surface area contributed by atoms with Gasteiger partial charge in [0.1, 0.15) is 0 Å². The van der Waals surface area contributed by atoms with E-state index in [1.54, 1.807) is 0 Å². The molecule has 1 atom stereocenters. The fourth-order valence-corrected chi connectivity index (χ4v) is 0.868. The van der Waals surface area contributed by atoms with E-state index in [1.165, 1.54) is 0 Å². The van der Waals surface area contributed by atoms with Gasteiger partial charge >= 0.3 is 0 Å². The van der Waals surface area contributed by atoms with Crippen LogP contribution in [0.3, 0.4) is 0 Å². The van der Waals surface area contributed by atoms with E-state index in [2.05, 4.69) is 0 Å². The second-order valence-electron chi connectivity index (χ2n) is 2.76. The molecular weight excluding hydrogens is 128 g/mol. The minimum absolute atomic E-state index is 0.0561. The maximum atomic E-state index is 5.68. The predicted molar refractivity (Wildman–Crippen MR) is 40.2 cm³/mol. The summed E-state index contributed by atoms with van der Waals surface area (Å²) in [5, 5.41) is 0. The highest BCUT2D eigenvalue weighted by atomic mass is 16.5. The van der Waals surface area contributed by atoms with E-state index in [-0.39, 0.29) is 6.04 Å². The van der Waals surface area contributed by atoms with E-state index in [0.717, 1.165) is 18.9 Å². The molecule has 1 aliphatic rings. The van der Waals surface area contributed by atoms with Gasteiger partial charge in [-0.25, -0.2) is 0 Å². The molecule has 4 N–H and O–H groups in total. The van der Waals surface area contributed by atoms with E-state index in [4.69, 9.17) is 16.2 Å². The van der Waals surface area contributed by atoms with Crippen LogP contribution < -0.4 is 11.5 Å². The van der Waals surface area contributed by atoms with Crippen molar-refractivity contribution >= 4 is 0 Å². The van der Waals surface area contributed by atoms with Gasteiger partial charge in [0.25, 0.3) is 0 Å². The van der Waals surface area contributed by atoms with Crippen molar-refractivity contribution in [2.75, 3.05) is 13.2 Å². The predicted octanol–water partition coefficient (Wildman–Crippen LogP) is -0.177. The molecule has 0 radical (unpaired) electrons. The zero-order valence-corrected chi connectivity index (χ0v) is 6.21. The Morgan fingerprint density at radius 1 is 1.70 bits per heavy atom. The molecular formula is C7H14N2O. The van der Waals surface area contributed by atoms with Crippen LogP contribution in [0.1, 0.15) is 6.92 Å². The van der Waals surface area contributed by atoms with Crippen molar-refractivity contribution in [2.45, 2.75) is 13.0 Å². The quantitative estimate of drug-likeness (QED) is 0.562. The Morgan fingerprint density at radius 3 is 2.60 bits per heavy atom. The number of hydrogen-bond acceptors (Lipinski definition) is 3. The van der Waals surface area contributed by atoms with Gasteiger partial charge in [-0.05, 0) is 13.0 Å². The lowest BCUT2D eigenvalue weighted by Gasteiger charge is -2.26. The first-order valence-corrected chi connectivity index (χ1v) is 3.50. The molecule has 1 rings (SSSR count). The molecule has 3 heteroatoms. The minimum atomic E-state index is 0.0561. The molecule has 0 saturated carbocycles. The van der Waals surface area contributed by atoms with E-state index in [0.29, 0.717) is 5.92 Å². The van der Waals surface area contributed by atoms with Gasteiger partial charge < -0.3 is 16.2 Å². The number of rotatable bonds is 2. The lowest BCUT2D eigenvalue weighted by molar-refractivity contribution is -0.0140. The van der Waals surface area contributed by atoms with Crippen LogP contribution in [0.25, 0.3) is 0 Å². The third kappa shape index (κ3) is 1.72. The third-order valence-electron chi connectivity index (χ3n) is 1.56. The summed E-state index contributed by atoms with van der Waals surface area (Å²) in [7, 11) is 0. The largest absolute Gasteiger partial charge is 0.402 e. The average molecular weight is 142 g/mol. The fourth-order valence-electron chi connectivity index (χ4n) is 0.868. The van der Waals surface area contributed by atoms with Crippen LogP contribution >= 0.6 is 0 Å². The smallest absolute Gasteiger partial charge is 0.0571 e. The van der Waals surface area contributed by atoms with Gasteiger partial charge in [0.15, 0.2) is 0 Å². The standard InChI is InChI=1S/C7H14N2O/c1-5(8)2-7(9)6-3-10-4-6/h2,5-6H,3-4,8-9H2,1H3/b7-2-. The molecule has 10 heavy (non-hydrogen) atoms. The molecule has 0 aliphatic carbocycles. The molecule has 0 bridgehead atoms. The summed E-state index contributed by atoms with van der Waals surface area (Å²) in [6, 6.07) is 0.0561. The Balaban J connectivity index is 2.38. The van der Waals surface area contributed by atoms with Gasteiger partial charge in [-0.15, -0.1) is 0 Å². The van der Waals surface area contributed by atoms with Crippen LogP contribution in [0.4, 0.5) is 0 Å². The van der Waals surface area contributed by atoms with Crippen molar-refractivity contribution < 1.29 is 4.74 Å². The third-order valence-corrected chi connectivity index (χ3v) is 1.56. The lowest BCUT2D eigenvalue weighted by Crippen LogP contribution is -2.33. The molecule has 0 aromatic carbocycles. The van der Waals surface area contributed by atoms with Gasteiger partial charge in [0.05, 0.1) is 13.2 Å². The first kappa shape index (κ1) is 7.57. The number of nitrogens with two attached hydrogens (primary N) is 2. The van der Waals surface area contributed by atoms with Gasteiger partial charge in [-0.3, -0.25) is 0 Å². The summed E-state index contributed by atoms with van der Waals surface area (Å²) in [5.41, 5.74) is 12.1. The highest BCUT2D eigenvalue weighted by Gasteiger charge is 2.20. The highest BCUT2D eigenvalue weighted by molar-refractivity contribution is 5.07. The lowest BCUT2D eigenvalue weighted by atomic mass is 10.0. The molecule has 1 aliphatic heterocycles. The Kier molecular flexibility index (Phi) is 2.29. The first-order chi connectivity index (χ1) is 4.70. The number of ether oxygens (including phenoxy) is 1.